The highest BCUT2D eigenvalue weighted by atomic mass is 35.5. The Bertz CT molecular complexity index is 656. The summed E-state index contributed by atoms with van der Waals surface area (Å²) in [4.78, 5) is 18.5. The highest BCUT2D eigenvalue weighted by molar-refractivity contribution is 6.29. The van der Waals surface area contributed by atoms with E-state index in [1.165, 1.54) is 6.20 Å². The summed E-state index contributed by atoms with van der Waals surface area (Å²) in [5.41, 5.74) is 2.53. The second kappa shape index (κ2) is 5.74. The Morgan fingerprint density at radius 1 is 1.33 bits per heavy atom. The number of fused-ring (bicyclic) bond motifs is 1. The first-order valence-electron chi connectivity index (χ1n) is 6.80. The molecule has 0 saturated carbocycles. The summed E-state index contributed by atoms with van der Waals surface area (Å²) in [7, 11) is 1.62. The van der Waals surface area contributed by atoms with Crippen LogP contribution in [0.15, 0.2) is 36.5 Å². The molecular formula is C16H15ClN2O2. The number of benzene rings is 1. The smallest absolute Gasteiger partial charge is 0.259 e. The molecule has 0 saturated heterocycles. The Morgan fingerprint density at radius 3 is 2.90 bits per heavy atom. The highest BCUT2D eigenvalue weighted by Crippen LogP contribution is 2.36. The largest absolute Gasteiger partial charge is 0.495 e. The summed E-state index contributed by atoms with van der Waals surface area (Å²) in [6, 6.07) is 9.20. The molecule has 0 fully saturated rings. The van der Waals surface area contributed by atoms with Gasteiger partial charge in [-0.25, -0.2) is 4.98 Å². The van der Waals surface area contributed by atoms with Crippen LogP contribution in [-0.4, -0.2) is 24.5 Å². The van der Waals surface area contributed by atoms with Crippen molar-refractivity contribution in [1.29, 1.82) is 0 Å². The Balaban J connectivity index is 2.01. The second-order valence-corrected chi connectivity index (χ2v) is 5.29. The molecule has 0 radical (unpaired) electrons. The number of methoxy groups -OCH3 is 1. The maximum Gasteiger partial charge on any atom is 0.259 e. The van der Waals surface area contributed by atoms with Gasteiger partial charge in [0.25, 0.3) is 5.91 Å². The summed E-state index contributed by atoms with van der Waals surface area (Å²) < 4.78 is 5.42. The fourth-order valence-corrected chi connectivity index (χ4v) is 2.75. The van der Waals surface area contributed by atoms with E-state index in [-0.39, 0.29) is 5.91 Å². The van der Waals surface area contributed by atoms with Crippen molar-refractivity contribution in [3.8, 4) is 5.75 Å². The number of rotatable bonds is 2. The number of nitrogens with zero attached hydrogens (tertiary/aromatic N) is 2. The number of aryl methyl sites for hydroxylation is 1. The van der Waals surface area contributed by atoms with Crippen molar-refractivity contribution in [2.24, 2.45) is 0 Å². The van der Waals surface area contributed by atoms with Gasteiger partial charge in [-0.2, -0.15) is 0 Å². The molecule has 0 N–H and O–H groups in total. The summed E-state index contributed by atoms with van der Waals surface area (Å²) >= 11 is 5.77. The SMILES string of the molecule is COc1cccc2c1N(C(=O)c1ccc(Cl)nc1)CCC2. The van der Waals surface area contributed by atoms with Crippen LogP contribution in [-0.2, 0) is 6.42 Å². The van der Waals surface area contributed by atoms with E-state index in [0.29, 0.717) is 17.3 Å². The molecule has 5 heteroatoms. The van der Waals surface area contributed by atoms with Gasteiger partial charge < -0.3 is 9.64 Å². The fourth-order valence-electron chi connectivity index (χ4n) is 2.64. The molecule has 0 atom stereocenters. The van der Waals surface area contributed by atoms with Gasteiger partial charge in [-0.15, -0.1) is 0 Å². The zero-order valence-corrected chi connectivity index (χ0v) is 12.4. The van der Waals surface area contributed by atoms with E-state index < -0.39 is 0 Å². The van der Waals surface area contributed by atoms with Crippen LogP contribution in [0.4, 0.5) is 5.69 Å². The van der Waals surface area contributed by atoms with Crippen LogP contribution in [0.1, 0.15) is 22.3 Å². The number of pyridine rings is 1. The van der Waals surface area contributed by atoms with Gasteiger partial charge in [-0.3, -0.25) is 4.79 Å². The van der Waals surface area contributed by atoms with E-state index in [1.54, 1.807) is 24.1 Å². The molecule has 0 aliphatic carbocycles. The van der Waals surface area contributed by atoms with Crippen molar-refractivity contribution >= 4 is 23.2 Å². The lowest BCUT2D eigenvalue weighted by atomic mass is 10.00. The Morgan fingerprint density at radius 2 is 2.19 bits per heavy atom. The average molecular weight is 303 g/mol. The van der Waals surface area contributed by atoms with E-state index in [1.807, 2.05) is 18.2 Å². The summed E-state index contributed by atoms with van der Waals surface area (Å²) in [6.45, 7) is 0.675. The number of hydrogen-bond donors (Lipinski definition) is 0. The van der Waals surface area contributed by atoms with E-state index in [9.17, 15) is 4.79 Å². The molecule has 0 spiro atoms. The van der Waals surface area contributed by atoms with E-state index in [0.717, 1.165) is 29.8 Å². The molecule has 1 aromatic carbocycles. The maximum atomic E-state index is 12.7. The molecule has 1 aliphatic heterocycles. The summed E-state index contributed by atoms with van der Waals surface area (Å²) in [5, 5.41) is 0.378. The third-order valence-corrected chi connectivity index (χ3v) is 3.84. The minimum absolute atomic E-state index is 0.0791. The first-order chi connectivity index (χ1) is 10.2. The number of ether oxygens (including phenoxy) is 1. The zero-order chi connectivity index (χ0) is 14.8. The third kappa shape index (κ3) is 2.59. The van der Waals surface area contributed by atoms with Gasteiger partial charge >= 0.3 is 0 Å². The van der Waals surface area contributed by atoms with Gasteiger partial charge in [0.15, 0.2) is 0 Å². The number of carbonyl (C=O) groups excluding carboxylic acids is 1. The average Bonchev–Trinajstić information content (AvgIpc) is 2.53. The molecule has 108 valence electrons. The van der Waals surface area contributed by atoms with Crippen molar-refractivity contribution < 1.29 is 9.53 Å². The van der Waals surface area contributed by atoms with Crippen molar-refractivity contribution in [1.82, 2.24) is 4.98 Å². The van der Waals surface area contributed by atoms with Gasteiger partial charge in [0.05, 0.1) is 18.4 Å². The Kier molecular flexibility index (Phi) is 3.80. The maximum absolute atomic E-state index is 12.7. The molecule has 1 aliphatic rings. The molecule has 21 heavy (non-hydrogen) atoms. The van der Waals surface area contributed by atoms with E-state index in [4.69, 9.17) is 16.3 Å². The number of hydrogen-bond acceptors (Lipinski definition) is 3. The lowest BCUT2D eigenvalue weighted by molar-refractivity contribution is 0.0984. The van der Waals surface area contributed by atoms with Crippen LogP contribution in [0.5, 0.6) is 5.75 Å². The van der Waals surface area contributed by atoms with Gasteiger partial charge in [-0.1, -0.05) is 23.7 Å². The van der Waals surface area contributed by atoms with Crippen LogP contribution in [0.25, 0.3) is 0 Å². The van der Waals surface area contributed by atoms with Gasteiger partial charge in [-0.05, 0) is 36.6 Å². The summed E-state index contributed by atoms with van der Waals surface area (Å²) in [6.07, 6.45) is 3.40. The predicted molar refractivity (Wildman–Crippen MR) is 82.2 cm³/mol. The topological polar surface area (TPSA) is 42.4 Å². The van der Waals surface area contributed by atoms with Crippen molar-refractivity contribution in [3.05, 3.63) is 52.8 Å². The van der Waals surface area contributed by atoms with Crippen LogP contribution in [0, 0.1) is 0 Å². The Labute approximate surface area is 128 Å². The van der Waals surface area contributed by atoms with Gasteiger partial charge in [0, 0.05) is 12.7 Å². The quantitative estimate of drug-likeness (QED) is 0.799. The molecule has 3 rings (SSSR count). The fraction of sp³-hybridized carbons (Fsp3) is 0.250. The predicted octanol–water partition coefficient (Wildman–Crippen LogP) is 3.34. The second-order valence-electron chi connectivity index (χ2n) is 4.90. The standard InChI is InChI=1S/C16H15ClN2O2/c1-21-13-6-2-4-11-5-3-9-19(15(11)13)16(20)12-7-8-14(17)18-10-12/h2,4,6-8,10H,3,5,9H2,1H3. The minimum Gasteiger partial charge on any atom is -0.495 e. The van der Waals surface area contributed by atoms with E-state index in [2.05, 4.69) is 4.98 Å². The number of amides is 1. The van der Waals surface area contributed by atoms with Crippen LogP contribution < -0.4 is 9.64 Å². The van der Waals surface area contributed by atoms with E-state index >= 15 is 0 Å². The third-order valence-electron chi connectivity index (χ3n) is 3.62. The number of halogens is 1. The first kappa shape index (κ1) is 13.9. The highest BCUT2D eigenvalue weighted by Gasteiger charge is 2.26. The Hall–Kier alpha value is -2.07. The number of aromatic nitrogens is 1. The minimum atomic E-state index is -0.0791. The molecule has 0 unspecified atom stereocenters. The zero-order valence-electron chi connectivity index (χ0n) is 11.7. The van der Waals surface area contributed by atoms with Crippen LogP contribution in [0.2, 0.25) is 5.15 Å². The monoisotopic (exact) mass is 302 g/mol. The summed E-state index contributed by atoms with van der Waals surface area (Å²) in [5.74, 6) is 0.645. The lowest BCUT2D eigenvalue weighted by Crippen LogP contribution is -2.35. The van der Waals surface area contributed by atoms with Gasteiger partial charge in [0.2, 0.25) is 0 Å². The molecular weight excluding hydrogens is 288 g/mol. The molecule has 1 amide bonds. The van der Waals surface area contributed by atoms with Crippen LogP contribution >= 0.6 is 11.6 Å². The molecule has 0 bridgehead atoms. The first-order valence-corrected chi connectivity index (χ1v) is 7.18. The number of carbonyl (C=O) groups is 1. The molecule has 2 heterocycles. The molecule has 4 nitrogen and oxygen atoms in total. The van der Waals surface area contributed by atoms with Crippen molar-refractivity contribution in [3.63, 3.8) is 0 Å². The van der Waals surface area contributed by atoms with Crippen molar-refractivity contribution in [2.45, 2.75) is 12.8 Å². The normalized spacial score (nSPS) is 13.7. The molecule has 1 aromatic heterocycles. The van der Waals surface area contributed by atoms with Crippen molar-refractivity contribution in [2.75, 3.05) is 18.6 Å². The molecule has 2 aromatic rings. The number of para-hydroxylation sites is 1. The number of anilines is 1. The van der Waals surface area contributed by atoms with Gasteiger partial charge in [0.1, 0.15) is 10.9 Å². The van der Waals surface area contributed by atoms with Crippen LogP contribution in [0.3, 0.4) is 0 Å². The lowest BCUT2D eigenvalue weighted by Gasteiger charge is -2.30.